The number of nitrogens with zero attached hydrogens (tertiary/aromatic N) is 1. The smallest absolute Gasteiger partial charge is 0.255 e. The van der Waals surface area contributed by atoms with Crippen LogP contribution in [0.3, 0.4) is 0 Å². The number of hydrogen-bond acceptors (Lipinski definition) is 8. The quantitative estimate of drug-likeness (QED) is 0.376. The molecular weight excluding hydrogens is 476 g/mol. The highest BCUT2D eigenvalue weighted by molar-refractivity contribution is 6.24. The van der Waals surface area contributed by atoms with Crippen LogP contribution in [-0.2, 0) is 27.2 Å². The monoisotopic (exact) mass is 510 g/mol. The molecule has 9 nitrogen and oxygen atoms in total. The molecule has 0 bridgehead atoms. The molecular formula is C28H34N2O7. The van der Waals surface area contributed by atoms with E-state index in [4.69, 9.17) is 5.73 Å². The average molecular weight is 511 g/mol. The van der Waals surface area contributed by atoms with Crippen molar-refractivity contribution in [3.63, 3.8) is 0 Å². The normalized spacial score (nSPS) is 30.0. The first-order chi connectivity index (χ1) is 17.5. The molecule has 0 saturated heterocycles. The summed E-state index contributed by atoms with van der Waals surface area (Å²) in [5.74, 6) is -5.61. The minimum absolute atomic E-state index is 0.101. The van der Waals surface area contributed by atoms with Crippen molar-refractivity contribution >= 4 is 23.2 Å². The van der Waals surface area contributed by atoms with Crippen LogP contribution in [0.5, 0.6) is 5.75 Å². The Balaban J connectivity index is 1.62. The van der Waals surface area contributed by atoms with Gasteiger partial charge in [0.25, 0.3) is 5.91 Å². The van der Waals surface area contributed by atoms with Crippen LogP contribution in [0.25, 0.3) is 5.76 Å². The summed E-state index contributed by atoms with van der Waals surface area (Å²) in [5.41, 5.74) is 3.76. The van der Waals surface area contributed by atoms with Gasteiger partial charge in [-0.05, 0) is 68.8 Å². The van der Waals surface area contributed by atoms with Crippen molar-refractivity contribution in [3.05, 3.63) is 45.7 Å². The number of primary amides is 1. The second-order valence-electron chi connectivity index (χ2n) is 11.2. The van der Waals surface area contributed by atoms with Crippen molar-refractivity contribution in [2.75, 3.05) is 14.1 Å². The lowest BCUT2D eigenvalue weighted by molar-refractivity contribution is -0.153. The number of benzene rings is 1. The van der Waals surface area contributed by atoms with Gasteiger partial charge >= 0.3 is 0 Å². The summed E-state index contributed by atoms with van der Waals surface area (Å²) in [5, 5.41) is 44.6. The fraction of sp³-hybridized carbons (Fsp3) is 0.536. The van der Waals surface area contributed by atoms with Crippen LogP contribution in [0.4, 0.5) is 0 Å². The number of rotatable bonds is 5. The number of likely N-dealkylation sites (N-methyl/N-ethyl adjacent to an activating group) is 1. The Labute approximate surface area is 215 Å². The third kappa shape index (κ3) is 3.70. The third-order valence-corrected chi connectivity index (χ3v) is 9.00. The third-order valence-electron chi connectivity index (χ3n) is 9.00. The van der Waals surface area contributed by atoms with Crippen LogP contribution in [0.2, 0.25) is 0 Å². The van der Waals surface area contributed by atoms with Crippen molar-refractivity contribution in [3.8, 4) is 5.75 Å². The second kappa shape index (κ2) is 8.99. The molecule has 37 heavy (non-hydrogen) atoms. The molecule has 0 heterocycles. The van der Waals surface area contributed by atoms with Crippen LogP contribution in [0, 0.1) is 17.8 Å². The topological polar surface area (TPSA) is 161 Å². The number of aliphatic hydroxyl groups excluding tert-OH is 2. The van der Waals surface area contributed by atoms with Crippen LogP contribution in [0.1, 0.15) is 55.2 Å². The van der Waals surface area contributed by atoms with Gasteiger partial charge in [0.05, 0.1) is 11.6 Å². The van der Waals surface area contributed by atoms with Gasteiger partial charge < -0.3 is 26.2 Å². The molecule has 0 radical (unpaired) electrons. The van der Waals surface area contributed by atoms with E-state index in [0.29, 0.717) is 12.3 Å². The van der Waals surface area contributed by atoms with Gasteiger partial charge in [-0.3, -0.25) is 19.3 Å². The second-order valence-corrected chi connectivity index (χ2v) is 11.2. The number of fused-ring (bicyclic) bond motifs is 3. The van der Waals surface area contributed by atoms with E-state index in [0.717, 1.165) is 24.0 Å². The van der Waals surface area contributed by atoms with Crippen LogP contribution in [-0.4, -0.2) is 68.5 Å². The standard InChI is InChI=1S/C28H34N2O7/c1-30(2)22-17-12-15-11-16-14(8-7-13-5-3-4-6-13)9-10-18(31)20(16)23(32)19(15)25(34)28(17,37)26(35)21(24(22)33)27(29)36/h9-10,13,15,17,22,31-32,35,37H,3-8,11-12H2,1-2H3,(H2,29,36). The summed E-state index contributed by atoms with van der Waals surface area (Å²) < 4.78 is 0. The molecule has 6 N–H and O–H groups in total. The molecule has 0 spiro atoms. The van der Waals surface area contributed by atoms with Crippen LogP contribution in [0.15, 0.2) is 29.0 Å². The molecule has 1 aromatic rings. The predicted molar refractivity (Wildman–Crippen MR) is 135 cm³/mol. The molecule has 0 aliphatic heterocycles. The minimum Gasteiger partial charge on any atom is -0.508 e. The van der Waals surface area contributed by atoms with E-state index < -0.39 is 58.0 Å². The van der Waals surface area contributed by atoms with E-state index in [1.54, 1.807) is 14.1 Å². The zero-order valence-corrected chi connectivity index (χ0v) is 21.2. The van der Waals surface area contributed by atoms with E-state index in [1.807, 2.05) is 6.07 Å². The molecule has 0 aromatic heterocycles. The van der Waals surface area contributed by atoms with Gasteiger partial charge in [0.2, 0.25) is 5.78 Å². The molecule has 4 aliphatic rings. The number of phenolic OH excluding ortho intramolecular Hbond substituents is 1. The highest BCUT2D eigenvalue weighted by Crippen LogP contribution is 2.53. The summed E-state index contributed by atoms with van der Waals surface area (Å²) in [6.45, 7) is 0. The van der Waals surface area contributed by atoms with E-state index in [-0.39, 0.29) is 23.3 Å². The lowest BCUT2D eigenvalue weighted by atomic mass is 9.57. The molecule has 1 aromatic carbocycles. The summed E-state index contributed by atoms with van der Waals surface area (Å²) in [6, 6.07) is 2.29. The number of carbonyl (C=O) groups is 3. The molecule has 4 atom stereocenters. The van der Waals surface area contributed by atoms with Crippen LogP contribution < -0.4 is 5.73 Å². The molecule has 5 rings (SSSR count). The molecule has 4 aliphatic carbocycles. The number of carbonyl (C=O) groups excluding carboxylic acids is 3. The van der Waals surface area contributed by atoms with E-state index in [1.165, 1.54) is 36.6 Å². The van der Waals surface area contributed by atoms with Gasteiger partial charge in [0.15, 0.2) is 11.4 Å². The Morgan fingerprint density at radius 3 is 2.43 bits per heavy atom. The maximum Gasteiger partial charge on any atom is 0.255 e. The summed E-state index contributed by atoms with van der Waals surface area (Å²) in [4.78, 5) is 40.6. The highest BCUT2D eigenvalue weighted by Gasteiger charge is 2.64. The van der Waals surface area contributed by atoms with Gasteiger partial charge in [-0.25, -0.2) is 0 Å². The summed E-state index contributed by atoms with van der Waals surface area (Å²) in [7, 11) is 3.18. The molecule has 1 amide bonds. The maximum atomic E-state index is 13.9. The van der Waals surface area contributed by atoms with Crippen molar-refractivity contribution in [2.45, 2.75) is 63.0 Å². The number of nitrogens with two attached hydrogens (primary N) is 1. The van der Waals surface area contributed by atoms with Gasteiger partial charge in [-0.1, -0.05) is 31.7 Å². The Hall–Kier alpha value is -3.17. The average Bonchev–Trinajstić information content (AvgIpc) is 3.34. The zero-order chi connectivity index (χ0) is 26.8. The molecule has 2 fully saturated rings. The number of ketones is 2. The Morgan fingerprint density at radius 1 is 1.14 bits per heavy atom. The lowest BCUT2D eigenvalue weighted by Crippen LogP contribution is -2.65. The minimum atomic E-state index is -2.61. The Morgan fingerprint density at radius 2 is 1.81 bits per heavy atom. The van der Waals surface area contributed by atoms with E-state index in [2.05, 4.69) is 0 Å². The van der Waals surface area contributed by atoms with Gasteiger partial charge in [0.1, 0.15) is 22.8 Å². The largest absolute Gasteiger partial charge is 0.508 e. The Kier molecular flexibility index (Phi) is 6.19. The first kappa shape index (κ1) is 25.5. The first-order valence-electron chi connectivity index (χ1n) is 13.0. The highest BCUT2D eigenvalue weighted by atomic mass is 16.3. The molecule has 2 saturated carbocycles. The molecule has 198 valence electrons. The number of aryl methyl sites for hydroxylation is 1. The van der Waals surface area contributed by atoms with E-state index in [9.17, 15) is 34.8 Å². The fourth-order valence-corrected chi connectivity index (χ4v) is 7.20. The Bertz CT molecular complexity index is 1260. The number of aromatic hydroxyl groups is 1. The van der Waals surface area contributed by atoms with Gasteiger partial charge in [-0.2, -0.15) is 0 Å². The molecule has 9 heteroatoms. The van der Waals surface area contributed by atoms with Gasteiger partial charge in [0, 0.05) is 11.5 Å². The van der Waals surface area contributed by atoms with Crippen molar-refractivity contribution in [1.29, 1.82) is 0 Å². The predicted octanol–water partition coefficient (Wildman–Crippen LogP) is 2.09. The van der Waals surface area contributed by atoms with Crippen molar-refractivity contribution in [2.24, 2.45) is 23.5 Å². The summed E-state index contributed by atoms with van der Waals surface area (Å²) in [6.07, 6.45) is 7.12. The number of Topliss-reactive ketones (excluding diaryl/α,β-unsaturated/α-hetero) is 2. The SMILES string of the molecule is CN(C)C1C(=O)C(C(N)=O)=C(O)C2(O)C(=O)C3=C(O)c4c(O)ccc(CCC5CCCC5)c4CC3CC12. The summed E-state index contributed by atoms with van der Waals surface area (Å²) >= 11 is 0. The van der Waals surface area contributed by atoms with E-state index >= 15 is 0 Å². The molecule has 4 unspecified atom stereocenters. The zero-order valence-electron chi connectivity index (χ0n) is 21.2. The van der Waals surface area contributed by atoms with Gasteiger partial charge in [-0.15, -0.1) is 0 Å². The fourth-order valence-electron chi connectivity index (χ4n) is 7.20. The number of amides is 1. The number of aliphatic hydroxyl groups is 3. The number of hydrogen-bond donors (Lipinski definition) is 5. The van der Waals surface area contributed by atoms with Crippen molar-refractivity contribution < 1.29 is 34.8 Å². The van der Waals surface area contributed by atoms with Crippen molar-refractivity contribution in [1.82, 2.24) is 4.90 Å². The lowest BCUT2D eigenvalue weighted by Gasteiger charge is -2.50. The first-order valence-corrected chi connectivity index (χ1v) is 13.0. The number of phenols is 1. The van der Waals surface area contributed by atoms with Crippen LogP contribution >= 0.6 is 0 Å². The maximum absolute atomic E-state index is 13.9.